The first kappa shape index (κ1) is 7.39. The molecule has 0 spiro atoms. The number of hydrogen-bond acceptors (Lipinski definition) is 2. The number of rotatable bonds is 0. The summed E-state index contributed by atoms with van der Waals surface area (Å²) in [6.45, 7) is 4.73. The fourth-order valence-corrected chi connectivity index (χ4v) is 3.17. The zero-order chi connectivity index (χ0) is 8.34. The van der Waals surface area contributed by atoms with Crippen LogP contribution >= 0.6 is 0 Å². The molecule has 1 heterocycles. The minimum atomic E-state index is 0.366. The quantitative estimate of drug-likeness (QED) is 0.504. The maximum atomic E-state index is 5.50. The van der Waals surface area contributed by atoms with Crippen LogP contribution in [-0.2, 0) is 9.31 Å². The van der Waals surface area contributed by atoms with Gasteiger partial charge in [0.2, 0.25) is 0 Å². The van der Waals surface area contributed by atoms with Gasteiger partial charge in [-0.1, -0.05) is 13.8 Å². The summed E-state index contributed by atoms with van der Waals surface area (Å²) in [5, 5.41) is 0. The van der Waals surface area contributed by atoms with Crippen LogP contribution in [0.5, 0.6) is 0 Å². The Kier molecular flexibility index (Phi) is 1.28. The predicted octanol–water partition coefficient (Wildman–Crippen LogP) is 1.37. The van der Waals surface area contributed by atoms with Gasteiger partial charge in [-0.3, -0.25) is 0 Å². The first-order chi connectivity index (χ1) is 5.69. The molecule has 3 saturated carbocycles. The van der Waals surface area contributed by atoms with E-state index < -0.39 is 0 Å². The SMILES string of the molecule is CC1(C)[C@H]2C[C@@H]3O[B]O[C@@H]3[C@@H]1C2. The van der Waals surface area contributed by atoms with Crippen molar-refractivity contribution in [2.75, 3.05) is 0 Å². The summed E-state index contributed by atoms with van der Waals surface area (Å²) in [7, 11) is 1.55. The third kappa shape index (κ3) is 0.698. The van der Waals surface area contributed by atoms with Gasteiger partial charge in [-0.05, 0) is 30.1 Å². The average Bonchev–Trinajstić information content (AvgIpc) is 2.49. The lowest BCUT2D eigenvalue weighted by atomic mass is 9.47. The third-order valence-electron chi connectivity index (χ3n) is 4.27. The van der Waals surface area contributed by atoms with Gasteiger partial charge in [0.05, 0.1) is 12.2 Å². The van der Waals surface area contributed by atoms with Gasteiger partial charge in [-0.15, -0.1) is 0 Å². The molecule has 4 atom stereocenters. The average molecular weight is 165 g/mol. The van der Waals surface area contributed by atoms with E-state index in [2.05, 4.69) is 13.8 Å². The summed E-state index contributed by atoms with van der Waals surface area (Å²) in [4.78, 5) is 0. The molecule has 0 amide bonds. The number of hydrogen-bond donors (Lipinski definition) is 0. The highest BCUT2D eigenvalue weighted by atomic mass is 16.6. The first-order valence-electron chi connectivity index (χ1n) is 4.82. The lowest BCUT2D eigenvalue weighted by Crippen LogP contribution is -2.59. The zero-order valence-corrected chi connectivity index (χ0v) is 7.62. The standard InChI is InChI=1S/C9H14BO2/c1-9(2)5-3-6(9)8-7(4-5)11-10-12-8/h5-8H,3-4H2,1-2H3/t5-,6+,7+,8-/m1/s1. The molecule has 2 nitrogen and oxygen atoms in total. The van der Waals surface area contributed by atoms with Crippen molar-refractivity contribution in [3.63, 3.8) is 0 Å². The van der Waals surface area contributed by atoms with Crippen molar-refractivity contribution < 1.29 is 9.31 Å². The zero-order valence-electron chi connectivity index (χ0n) is 7.62. The largest absolute Gasteiger partial charge is 0.488 e. The molecule has 0 aromatic rings. The Morgan fingerprint density at radius 2 is 2.08 bits per heavy atom. The molecule has 4 fully saturated rings. The second-order valence-electron chi connectivity index (χ2n) is 4.97. The Morgan fingerprint density at radius 1 is 1.25 bits per heavy atom. The van der Waals surface area contributed by atoms with Gasteiger partial charge in [0, 0.05) is 0 Å². The van der Waals surface area contributed by atoms with Gasteiger partial charge < -0.3 is 9.31 Å². The van der Waals surface area contributed by atoms with Crippen LogP contribution in [0.25, 0.3) is 0 Å². The van der Waals surface area contributed by atoms with E-state index in [1.807, 2.05) is 0 Å². The molecule has 0 aromatic heterocycles. The fourth-order valence-electron chi connectivity index (χ4n) is 3.17. The van der Waals surface area contributed by atoms with E-state index >= 15 is 0 Å². The second-order valence-corrected chi connectivity index (χ2v) is 4.97. The highest BCUT2D eigenvalue weighted by Crippen LogP contribution is 2.61. The molecule has 4 aliphatic rings. The van der Waals surface area contributed by atoms with Crippen molar-refractivity contribution in [1.82, 2.24) is 0 Å². The lowest BCUT2D eigenvalue weighted by molar-refractivity contribution is -0.150. The van der Waals surface area contributed by atoms with Crippen LogP contribution < -0.4 is 0 Å². The molecular weight excluding hydrogens is 151 g/mol. The maximum absolute atomic E-state index is 5.50. The molecule has 1 aliphatic heterocycles. The molecule has 3 heteroatoms. The molecule has 0 N–H and O–H groups in total. The third-order valence-corrected chi connectivity index (χ3v) is 4.27. The van der Waals surface area contributed by atoms with Gasteiger partial charge in [0.15, 0.2) is 0 Å². The summed E-state index contributed by atoms with van der Waals surface area (Å²) in [5.41, 5.74) is 0.503. The molecule has 0 unspecified atom stereocenters. The summed E-state index contributed by atoms with van der Waals surface area (Å²) < 4.78 is 10.9. The molecular formula is C9H14BO2. The molecule has 0 aromatic carbocycles. The summed E-state index contributed by atoms with van der Waals surface area (Å²) in [6.07, 6.45) is 3.29. The molecule has 3 aliphatic carbocycles. The van der Waals surface area contributed by atoms with Gasteiger partial charge in [-0.2, -0.15) is 0 Å². The lowest BCUT2D eigenvalue weighted by Gasteiger charge is -2.60. The molecule has 2 bridgehead atoms. The molecule has 65 valence electrons. The van der Waals surface area contributed by atoms with E-state index in [1.165, 1.54) is 12.8 Å². The Bertz CT molecular complexity index is 217. The predicted molar refractivity (Wildman–Crippen MR) is 45.5 cm³/mol. The Morgan fingerprint density at radius 3 is 2.83 bits per heavy atom. The Hall–Kier alpha value is -0.0151. The summed E-state index contributed by atoms with van der Waals surface area (Å²) in [6, 6.07) is 0. The van der Waals surface area contributed by atoms with Crippen molar-refractivity contribution in [3.8, 4) is 0 Å². The van der Waals surface area contributed by atoms with Crippen LogP contribution in [0.15, 0.2) is 0 Å². The molecule has 4 rings (SSSR count). The maximum Gasteiger partial charge on any atom is 0.488 e. The van der Waals surface area contributed by atoms with Gasteiger partial charge in [0.25, 0.3) is 0 Å². The van der Waals surface area contributed by atoms with E-state index in [0.29, 0.717) is 17.6 Å². The van der Waals surface area contributed by atoms with Crippen LogP contribution in [0.1, 0.15) is 26.7 Å². The first-order valence-corrected chi connectivity index (χ1v) is 4.82. The molecule has 12 heavy (non-hydrogen) atoms. The highest BCUT2D eigenvalue weighted by molar-refractivity contribution is 6.19. The van der Waals surface area contributed by atoms with Crippen LogP contribution in [0.4, 0.5) is 0 Å². The Labute approximate surface area is 73.9 Å². The smallest absolute Gasteiger partial charge is 0.408 e. The summed E-state index contributed by atoms with van der Waals surface area (Å²) in [5.74, 6) is 1.61. The van der Waals surface area contributed by atoms with Gasteiger partial charge >= 0.3 is 7.69 Å². The van der Waals surface area contributed by atoms with Crippen LogP contribution in [0.3, 0.4) is 0 Å². The summed E-state index contributed by atoms with van der Waals surface area (Å²) >= 11 is 0. The van der Waals surface area contributed by atoms with E-state index in [0.717, 1.165) is 11.8 Å². The van der Waals surface area contributed by atoms with Crippen LogP contribution in [0, 0.1) is 17.3 Å². The van der Waals surface area contributed by atoms with Crippen molar-refractivity contribution in [1.29, 1.82) is 0 Å². The normalized spacial score (nSPS) is 53.8. The highest BCUT2D eigenvalue weighted by Gasteiger charge is 2.60. The Balaban J connectivity index is 1.88. The van der Waals surface area contributed by atoms with Crippen molar-refractivity contribution >= 4 is 7.69 Å². The topological polar surface area (TPSA) is 18.5 Å². The fraction of sp³-hybridized carbons (Fsp3) is 1.00. The van der Waals surface area contributed by atoms with Crippen molar-refractivity contribution in [3.05, 3.63) is 0 Å². The van der Waals surface area contributed by atoms with Crippen molar-refractivity contribution in [2.24, 2.45) is 17.3 Å². The van der Waals surface area contributed by atoms with Crippen LogP contribution in [0.2, 0.25) is 0 Å². The monoisotopic (exact) mass is 165 g/mol. The van der Waals surface area contributed by atoms with Crippen LogP contribution in [-0.4, -0.2) is 19.9 Å². The minimum Gasteiger partial charge on any atom is -0.408 e. The molecule has 1 saturated heterocycles. The van der Waals surface area contributed by atoms with Crippen molar-refractivity contribution in [2.45, 2.75) is 38.9 Å². The van der Waals surface area contributed by atoms with Gasteiger partial charge in [0.1, 0.15) is 0 Å². The van der Waals surface area contributed by atoms with Gasteiger partial charge in [-0.25, -0.2) is 0 Å². The van der Waals surface area contributed by atoms with E-state index in [4.69, 9.17) is 9.31 Å². The second kappa shape index (κ2) is 2.07. The minimum absolute atomic E-state index is 0.366. The van der Waals surface area contributed by atoms with E-state index in [9.17, 15) is 0 Å². The van der Waals surface area contributed by atoms with E-state index in [1.54, 1.807) is 7.69 Å². The van der Waals surface area contributed by atoms with E-state index in [-0.39, 0.29) is 0 Å². The molecule has 1 radical (unpaired) electrons.